The van der Waals surface area contributed by atoms with Crippen molar-refractivity contribution < 1.29 is 38.1 Å². The van der Waals surface area contributed by atoms with Crippen LogP contribution in [0.4, 0.5) is 4.79 Å². The molecule has 0 radical (unpaired) electrons. The van der Waals surface area contributed by atoms with Crippen molar-refractivity contribution in [2.24, 2.45) is 0 Å². The van der Waals surface area contributed by atoms with Crippen LogP contribution in [0.5, 0.6) is 17.2 Å². The van der Waals surface area contributed by atoms with Gasteiger partial charge in [0.25, 0.3) is 5.72 Å². The molecule has 1 atom stereocenters. The number of hydrogen-bond donors (Lipinski definition) is 2. The maximum Gasteiger partial charge on any atom is 0.426 e. The Hall–Kier alpha value is -3.14. The standard InChI is InChI=1S/C36H60N2O8Si3/c1-13-36(42,33(40)43-24-26-47(5,6)7)38(37-34(41)44-25-27-48(8,9)10)32(39)23-16-28-14-17-29(18-15-28)45-30-19-21-31(22-20-30)46-49(11,12)35(2,3)4/h14-15,17-22,42H,13,16,23-27H2,1-12H3,(H,37,41)/t36-/m1/s1. The second-order valence-electron chi connectivity index (χ2n) is 16.5. The molecular formula is C36H60N2O8Si3. The monoisotopic (exact) mass is 732 g/mol. The van der Waals surface area contributed by atoms with Gasteiger partial charge >= 0.3 is 12.1 Å². The Balaban J connectivity index is 2.12. The Morgan fingerprint density at radius 1 is 0.755 bits per heavy atom. The molecule has 0 heterocycles. The van der Waals surface area contributed by atoms with Crippen LogP contribution in [0.3, 0.4) is 0 Å². The van der Waals surface area contributed by atoms with Gasteiger partial charge in [-0.2, -0.15) is 0 Å². The number of carbonyl (C=O) groups is 3. The first-order valence-electron chi connectivity index (χ1n) is 17.2. The van der Waals surface area contributed by atoms with Crippen LogP contribution in [0.25, 0.3) is 0 Å². The van der Waals surface area contributed by atoms with Crippen molar-refractivity contribution in [1.29, 1.82) is 0 Å². The molecule has 2 aromatic rings. The van der Waals surface area contributed by atoms with E-state index in [2.05, 4.69) is 78.6 Å². The van der Waals surface area contributed by atoms with E-state index < -0.39 is 48.2 Å². The molecule has 49 heavy (non-hydrogen) atoms. The molecule has 0 saturated heterocycles. The van der Waals surface area contributed by atoms with Gasteiger partial charge in [0.05, 0.1) is 13.2 Å². The molecule has 10 nitrogen and oxygen atoms in total. The van der Waals surface area contributed by atoms with E-state index in [4.69, 9.17) is 18.6 Å². The zero-order chi connectivity index (χ0) is 37.3. The van der Waals surface area contributed by atoms with E-state index in [-0.39, 0.29) is 37.5 Å². The van der Waals surface area contributed by atoms with E-state index in [1.165, 1.54) is 0 Å². The highest BCUT2D eigenvalue weighted by molar-refractivity contribution is 6.76. The van der Waals surface area contributed by atoms with Crippen LogP contribution in [-0.4, -0.2) is 71.5 Å². The van der Waals surface area contributed by atoms with Gasteiger partial charge in [-0.3, -0.25) is 4.79 Å². The summed E-state index contributed by atoms with van der Waals surface area (Å²) < 4.78 is 23.1. The number of esters is 1. The number of carbonyl (C=O) groups excluding carboxylic acids is 3. The molecule has 0 saturated carbocycles. The molecule has 2 aromatic carbocycles. The Morgan fingerprint density at radius 3 is 1.69 bits per heavy atom. The lowest BCUT2D eigenvalue weighted by Gasteiger charge is -2.36. The largest absolute Gasteiger partial charge is 0.543 e. The number of nitrogens with zero attached hydrogens (tertiary/aromatic N) is 1. The van der Waals surface area contributed by atoms with Crippen molar-refractivity contribution in [3.63, 3.8) is 0 Å². The van der Waals surface area contributed by atoms with Gasteiger partial charge < -0.3 is 23.7 Å². The Kier molecular flexibility index (Phi) is 14.7. The fourth-order valence-corrected chi connectivity index (χ4v) is 6.60. The number of ether oxygens (including phenoxy) is 3. The lowest BCUT2D eigenvalue weighted by Crippen LogP contribution is -2.64. The minimum absolute atomic E-state index is 0.0956. The van der Waals surface area contributed by atoms with Crippen molar-refractivity contribution in [3.05, 3.63) is 54.1 Å². The fourth-order valence-electron chi connectivity index (χ4n) is 4.14. The predicted octanol–water partition coefficient (Wildman–Crippen LogP) is 8.58. The van der Waals surface area contributed by atoms with E-state index in [0.29, 0.717) is 22.6 Å². The van der Waals surface area contributed by atoms with Crippen molar-refractivity contribution >= 4 is 42.4 Å². The highest BCUT2D eigenvalue weighted by atomic mass is 28.4. The van der Waals surface area contributed by atoms with Crippen LogP contribution in [0, 0.1) is 0 Å². The highest BCUT2D eigenvalue weighted by Gasteiger charge is 2.46. The van der Waals surface area contributed by atoms with Gasteiger partial charge in [0.2, 0.25) is 14.2 Å². The number of benzene rings is 2. The minimum atomic E-state index is -2.41. The molecule has 274 valence electrons. The number of aryl methyl sites for hydroxylation is 1. The number of aliphatic hydroxyl groups is 1. The summed E-state index contributed by atoms with van der Waals surface area (Å²) in [7, 11) is -4.97. The van der Waals surface area contributed by atoms with Crippen LogP contribution in [0.15, 0.2) is 48.5 Å². The van der Waals surface area contributed by atoms with Crippen molar-refractivity contribution in [3.8, 4) is 17.2 Å². The molecule has 2 N–H and O–H groups in total. The summed E-state index contributed by atoms with van der Waals surface area (Å²) in [5, 5.41) is 12.3. The van der Waals surface area contributed by atoms with Gasteiger partial charge in [0, 0.05) is 29.0 Å². The average molecular weight is 733 g/mol. The van der Waals surface area contributed by atoms with E-state index >= 15 is 0 Å². The van der Waals surface area contributed by atoms with Crippen LogP contribution in [0.2, 0.25) is 69.5 Å². The maximum absolute atomic E-state index is 13.6. The summed E-state index contributed by atoms with van der Waals surface area (Å²) in [5.74, 6) is 0.453. The van der Waals surface area contributed by atoms with Crippen molar-refractivity contribution in [2.75, 3.05) is 13.2 Å². The molecule has 2 rings (SSSR count). The molecule has 0 aromatic heterocycles. The number of hydrazine groups is 1. The van der Waals surface area contributed by atoms with Gasteiger partial charge in [-0.15, -0.1) is 0 Å². The van der Waals surface area contributed by atoms with Gasteiger partial charge in [-0.05, 0) is 78.6 Å². The van der Waals surface area contributed by atoms with Gasteiger partial charge in [-0.25, -0.2) is 20.0 Å². The summed E-state index contributed by atoms with van der Waals surface area (Å²) in [6, 6.07) is 16.3. The summed E-state index contributed by atoms with van der Waals surface area (Å²) in [5.41, 5.74) is 0.770. The maximum atomic E-state index is 13.6. The van der Waals surface area contributed by atoms with Crippen LogP contribution < -0.4 is 14.6 Å². The number of nitrogens with one attached hydrogen (secondary N) is 1. The molecule has 2 amide bonds. The third-order valence-corrected chi connectivity index (χ3v) is 16.4. The molecule has 0 bridgehead atoms. The van der Waals surface area contributed by atoms with Gasteiger partial charge in [0.1, 0.15) is 17.2 Å². The third kappa shape index (κ3) is 14.0. The number of hydrogen-bond acceptors (Lipinski definition) is 8. The molecular weight excluding hydrogens is 673 g/mol. The van der Waals surface area contributed by atoms with Crippen LogP contribution in [0.1, 0.15) is 46.1 Å². The molecule has 0 spiro atoms. The Morgan fingerprint density at radius 2 is 1.22 bits per heavy atom. The van der Waals surface area contributed by atoms with E-state index in [0.717, 1.165) is 17.4 Å². The number of amides is 2. The summed E-state index contributed by atoms with van der Waals surface area (Å²) in [6.45, 7) is 25.7. The van der Waals surface area contributed by atoms with Gasteiger partial charge in [0.15, 0.2) is 0 Å². The quantitative estimate of drug-likeness (QED) is 0.0762. The predicted molar refractivity (Wildman–Crippen MR) is 203 cm³/mol. The normalized spacial score (nSPS) is 13.6. The van der Waals surface area contributed by atoms with Gasteiger partial charge in [-0.1, -0.05) is 79.1 Å². The lowest BCUT2D eigenvalue weighted by atomic mass is 10.1. The summed E-state index contributed by atoms with van der Waals surface area (Å²) >= 11 is 0. The first-order valence-corrected chi connectivity index (χ1v) is 27.5. The van der Waals surface area contributed by atoms with E-state index in [1.54, 1.807) is 6.92 Å². The van der Waals surface area contributed by atoms with E-state index in [9.17, 15) is 19.5 Å². The van der Waals surface area contributed by atoms with Crippen molar-refractivity contribution in [2.45, 2.75) is 122 Å². The second kappa shape index (κ2) is 17.2. The first-order chi connectivity index (χ1) is 22.5. The number of rotatable bonds is 16. The van der Waals surface area contributed by atoms with Crippen LogP contribution >= 0.6 is 0 Å². The first kappa shape index (κ1) is 42.0. The van der Waals surface area contributed by atoms with E-state index in [1.807, 2.05) is 48.5 Å². The Bertz CT molecular complexity index is 1380. The van der Waals surface area contributed by atoms with Crippen molar-refractivity contribution in [1.82, 2.24) is 10.4 Å². The third-order valence-electron chi connectivity index (χ3n) is 8.60. The second-order valence-corrected chi connectivity index (χ2v) is 32.5. The molecule has 0 aliphatic rings. The molecule has 0 aliphatic carbocycles. The summed E-state index contributed by atoms with van der Waals surface area (Å²) in [4.78, 5) is 39.5. The minimum Gasteiger partial charge on any atom is -0.543 e. The average Bonchev–Trinajstić information content (AvgIpc) is 2.98. The zero-order valence-electron chi connectivity index (χ0n) is 31.8. The topological polar surface area (TPSA) is 124 Å². The molecule has 0 unspecified atom stereocenters. The molecule has 0 fully saturated rings. The molecule has 13 heteroatoms. The zero-order valence-corrected chi connectivity index (χ0v) is 34.8. The molecule has 0 aliphatic heterocycles. The SMILES string of the molecule is CC[C@@](O)(C(=O)OCC[Si](C)(C)C)N(NC(=O)OCC[Si](C)(C)C)C(=O)CCc1ccc(Oc2ccc(O[Si](C)(C)C(C)(C)C)cc2)cc1. The van der Waals surface area contributed by atoms with Crippen LogP contribution in [-0.2, 0) is 25.5 Å². The Labute approximate surface area is 297 Å². The highest BCUT2D eigenvalue weighted by Crippen LogP contribution is 2.38. The lowest BCUT2D eigenvalue weighted by molar-refractivity contribution is -0.200. The summed E-state index contributed by atoms with van der Waals surface area (Å²) in [6.07, 6.45) is -0.939. The smallest absolute Gasteiger partial charge is 0.426 e. The fraction of sp³-hybridized carbons (Fsp3) is 0.583.